The number of non-ortho nitro benzene ring substituents is 1. The number of nitro groups is 2. The minimum atomic E-state index is -0.722. The van der Waals surface area contributed by atoms with Gasteiger partial charge in [-0.3, -0.25) is 20.2 Å². The van der Waals surface area contributed by atoms with Crippen LogP contribution >= 0.6 is 23.2 Å². The molecule has 108 valence electrons. The Morgan fingerprint density at radius 2 is 1.57 bits per heavy atom. The number of halogens is 2. The third-order valence-electron chi connectivity index (χ3n) is 2.61. The number of hydrogen-bond donors (Lipinski definition) is 1. The second-order valence-corrected chi connectivity index (χ2v) is 4.75. The fraction of sp³-hybridized carbons (Fsp3) is 0. The fourth-order valence-corrected chi connectivity index (χ4v) is 2.13. The van der Waals surface area contributed by atoms with Gasteiger partial charge in [-0.05, 0) is 18.2 Å². The van der Waals surface area contributed by atoms with Crippen LogP contribution in [0.5, 0.6) is 0 Å². The van der Waals surface area contributed by atoms with E-state index in [0.717, 1.165) is 12.1 Å². The SMILES string of the molecule is O=[N+]([O-])c1ccc(Nc2c(Cl)cccc2Cl)c([N+](=O)[O-])c1. The van der Waals surface area contributed by atoms with Crippen LogP contribution in [0.25, 0.3) is 0 Å². The molecule has 2 aromatic rings. The van der Waals surface area contributed by atoms with Gasteiger partial charge in [0.15, 0.2) is 0 Å². The summed E-state index contributed by atoms with van der Waals surface area (Å²) in [4.78, 5) is 20.3. The largest absolute Gasteiger partial charge is 0.347 e. The van der Waals surface area contributed by atoms with Gasteiger partial charge in [-0.1, -0.05) is 29.3 Å². The molecular weight excluding hydrogens is 321 g/mol. The lowest BCUT2D eigenvalue weighted by molar-refractivity contribution is -0.393. The summed E-state index contributed by atoms with van der Waals surface area (Å²) in [5.74, 6) is 0. The van der Waals surface area contributed by atoms with Crippen molar-refractivity contribution >= 4 is 46.0 Å². The smallest absolute Gasteiger partial charge is 0.299 e. The highest BCUT2D eigenvalue weighted by molar-refractivity contribution is 6.39. The van der Waals surface area contributed by atoms with Crippen molar-refractivity contribution in [2.45, 2.75) is 0 Å². The van der Waals surface area contributed by atoms with E-state index in [4.69, 9.17) is 23.2 Å². The molecule has 0 aliphatic heterocycles. The van der Waals surface area contributed by atoms with Crippen molar-refractivity contribution < 1.29 is 9.85 Å². The van der Waals surface area contributed by atoms with E-state index < -0.39 is 15.5 Å². The lowest BCUT2D eigenvalue weighted by Gasteiger charge is -2.10. The van der Waals surface area contributed by atoms with E-state index in [1.165, 1.54) is 6.07 Å². The zero-order valence-corrected chi connectivity index (χ0v) is 11.8. The van der Waals surface area contributed by atoms with Crippen LogP contribution in [0, 0.1) is 20.2 Å². The summed E-state index contributed by atoms with van der Waals surface area (Å²) in [6.45, 7) is 0. The number of nitro benzene ring substituents is 2. The first-order chi connectivity index (χ1) is 9.90. The van der Waals surface area contributed by atoms with Crippen molar-refractivity contribution in [2.24, 2.45) is 0 Å². The molecule has 7 nitrogen and oxygen atoms in total. The molecule has 0 saturated carbocycles. The van der Waals surface area contributed by atoms with Crippen molar-refractivity contribution in [1.82, 2.24) is 0 Å². The molecule has 0 saturated heterocycles. The maximum absolute atomic E-state index is 11.0. The predicted molar refractivity (Wildman–Crippen MR) is 79.5 cm³/mol. The van der Waals surface area contributed by atoms with Crippen molar-refractivity contribution in [3.05, 3.63) is 66.7 Å². The predicted octanol–water partition coefficient (Wildman–Crippen LogP) is 4.55. The highest BCUT2D eigenvalue weighted by Gasteiger charge is 2.20. The Hall–Kier alpha value is -2.38. The van der Waals surface area contributed by atoms with Crippen LogP contribution < -0.4 is 5.32 Å². The topological polar surface area (TPSA) is 98.3 Å². The minimum absolute atomic E-state index is 0.0561. The summed E-state index contributed by atoms with van der Waals surface area (Å²) in [5, 5.41) is 25.0. The molecule has 0 bridgehead atoms. The zero-order chi connectivity index (χ0) is 15.6. The first-order valence-electron chi connectivity index (χ1n) is 5.54. The van der Waals surface area contributed by atoms with Gasteiger partial charge in [0.25, 0.3) is 11.4 Å². The van der Waals surface area contributed by atoms with E-state index in [1.807, 2.05) is 0 Å². The van der Waals surface area contributed by atoms with Gasteiger partial charge in [-0.15, -0.1) is 0 Å². The molecule has 0 aromatic heterocycles. The van der Waals surface area contributed by atoms with Crippen LogP contribution in [0.4, 0.5) is 22.7 Å². The fourth-order valence-electron chi connectivity index (χ4n) is 1.64. The first kappa shape index (κ1) is 15.0. The van der Waals surface area contributed by atoms with E-state index in [2.05, 4.69) is 5.32 Å². The summed E-state index contributed by atoms with van der Waals surface area (Å²) in [6, 6.07) is 8.00. The molecule has 0 atom stereocenters. The Kier molecular flexibility index (Phi) is 4.25. The maximum Gasteiger partial charge on any atom is 0.299 e. The van der Waals surface area contributed by atoms with Crippen molar-refractivity contribution in [3.63, 3.8) is 0 Å². The average molecular weight is 328 g/mol. The standard InChI is InChI=1S/C12H7Cl2N3O4/c13-8-2-1-3-9(14)12(8)15-10-5-4-7(16(18)19)6-11(10)17(20)21/h1-6,15H. The molecular formula is C12H7Cl2N3O4. The number of anilines is 2. The Bertz CT molecular complexity index is 716. The molecule has 0 fully saturated rings. The summed E-state index contributed by atoms with van der Waals surface area (Å²) in [7, 11) is 0. The molecule has 2 aromatic carbocycles. The van der Waals surface area contributed by atoms with Gasteiger partial charge >= 0.3 is 0 Å². The second kappa shape index (κ2) is 5.94. The van der Waals surface area contributed by atoms with E-state index in [1.54, 1.807) is 18.2 Å². The Balaban J connectivity index is 2.49. The van der Waals surface area contributed by atoms with Crippen LogP contribution in [0.3, 0.4) is 0 Å². The van der Waals surface area contributed by atoms with Crippen LogP contribution in [0.2, 0.25) is 10.0 Å². The summed E-state index contributed by atoms with van der Waals surface area (Å²) >= 11 is 11.9. The van der Waals surface area contributed by atoms with Gasteiger partial charge in [0.2, 0.25) is 0 Å². The molecule has 9 heteroatoms. The summed E-state index contributed by atoms with van der Waals surface area (Å²) in [5.41, 5.74) is -0.476. The average Bonchev–Trinajstić information content (AvgIpc) is 2.42. The monoisotopic (exact) mass is 327 g/mol. The van der Waals surface area contributed by atoms with Crippen LogP contribution in [-0.2, 0) is 0 Å². The second-order valence-electron chi connectivity index (χ2n) is 3.94. The van der Waals surface area contributed by atoms with Gasteiger partial charge in [-0.25, -0.2) is 0 Å². The zero-order valence-electron chi connectivity index (χ0n) is 10.2. The Morgan fingerprint density at radius 1 is 0.952 bits per heavy atom. The van der Waals surface area contributed by atoms with Gasteiger partial charge in [-0.2, -0.15) is 0 Å². The van der Waals surface area contributed by atoms with Crippen LogP contribution in [-0.4, -0.2) is 9.85 Å². The van der Waals surface area contributed by atoms with E-state index in [-0.39, 0.29) is 27.1 Å². The number of benzene rings is 2. The molecule has 2 rings (SSSR count). The molecule has 21 heavy (non-hydrogen) atoms. The number of para-hydroxylation sites is 1. The minimum Gasteiger partial charge on any atom is -0.347 e. The molecule has 0 aliphatic carbocycles. The van der Waals surface area contributed by atoms with Gasteiger partial charge in [0, 0.05) is 6.07 Å². The van der Waals surface area contributed by atoms with Crippen molar-refractivity contribution in [2.75, 3.05) is 5.32 Å². The van der Waals surface area contributed by atoms with Crippen LogP contribution in [0.15, 0.2) is 36.4 Å². The third kappa shape index (κ3) is 3.21. The van der Waals surface area contributed by atoms with Crippen molar-refractivity contribution in [1.29, 1.82) is 0 Å². The molecule has 0 heterocycles. The number of rotatable bonds is 4. The number of hydrogen-bond acceptors (Lipinski definition) is 5. The molecule has 0 spiro atoms. The quantitative estimate of drug-likeness (QED) is 0.655. The van der Waals surface area contributed by atoms with Crippen molar-refractivity contribution in [3.8, 4) is 0 Å². The van der Waals surface area contributed by atoms with E-state index in [0.29, 0.717) is 0 Å². The molecule has 0 amide bonds. The molecule has 0 radical (unpaired) electrons. The van der Waals surface area contributed by atoms with Crippen LogP contribution in [0.1, 0.15) is 0 Å². The highest BCUT2D eigenvalue weighted by Crippen LogP contribution is 2.36. The van der Waals surface area contributed by atoms with Gasteiger partial charge in [0.05, 0.1) is 31.6 Å². The summed E-state index contributed by atoms with van der Waals surface area (Å²) in [6.07, 6.45) is 0. The van der Waals surface area contributed by atoms with E-state index >= 15 is 0 Å². The molecule has 1 N–H and O–H groups in total. The molecule has 0 aliphatic rings. The summed E-state index contributed by atoms with van der Waals surface area (Å²) < 4.78 is 0. The lowest BCUT2D eigenvalue weighted by atomic mass is 10.2. The normalized spacial score (nSPS) is 10.2. The number of nitrogens with zero attached hydrogens (tertiary/aromatic N) is 2. The lowest BCUT2D eigenvalue weighted by Crippen LogP contribution is -1.99. The third-order valence-corrected chi connectivity index (χ3v) is 3.24. The first-order valence-corrected chi connectivity index (χ1v) is 6.29. The highest BCUT2D eigenvalue weighted by atomic mass is 35.5. The number of nitrogens with one attached hydrogen (secondary N) is 1. The van der Waals surface area contributed by atoms with E-state index in [9.17, 15) is 20.2 Å². The Labute approximate surface area is 128 Å². The van der Waals surface area contributed by atoms with Gasteiger partial charge in [0.1, 0.15) is 5.69 Å². The molecule has 0 unspecified atom stereocenters. The van der Waals surface area contributed by atoms with Gasteiger partial charge < -0.3 is 5.32 Å². The maximum atomic E-state index is 11.0. The Morgan fingerprint density at radius 3 is 2.10 bits per heavy atom.